The molecule has 0 bridgehead atoms. The Morgan fingerprint density at radius 2 is 1.64 bits per heavy atom. The third-order valence-corrected chi connectivity index (χ3v) is 4.95. The summed E-state index contributed by atoms with van der Waals surface area (Å²) in [5, 5.41) is 8.81. The quantitative estimate of drug-likeness (QED) is 0.916. The molecule has 5 nitrogen and oxygen atoms in total. The maximum absolute atomic E-state index is 12.8. The van der Waals surface area contributed by atoms with Gasteiger partial charge in [0.2, 0.25) is 10.0 Å². The second-order valence-electron chi connectivity index (χ2n) is 4.72. The molecule has 0 aliphatic rings. The molecule has 116 valence electrons. The predicted octanol–water partition coefficient (Wildman–Crippen LogP) is 2.34. The summed E-state index contributed by atoms with van der Waals surface area (Å²) in [5.41, 5.74) is 0.662. The Balaban J connectivity index is 2.21. The van der Waals surface area contributed by atoms with Gasteiger partial charge >= 0.3 is 5.97 Å². The van der Waals surface area contributed by atoms with Gasteiger partial charge < -0.3 is 5.11 Å². The van der Waals surface area contributed by atoms with Gasteiger partial charge in [0.1, 0.15) is 5.82 Å². The van der Waals surface area contributed by atoms with Gasteiger partial charge in [0.05, 0.1) is 10.5 Å². The summed E-state index contributed by atoms with van der Waals surface area (Å²) in [4.78, 5) is 10.8. The molecule has 7 heteroatoms. The van der Waals surface area contributed by atoms with Gasteiger partial charge in [0, 0.05) is 13.6 Å². The lowest BCUT2D eigenvalue weighted by Crippen LogP contribution is -2.26. The molecule has 0 fully saturated rings. The first kappa shape index (κ1) is 16.1. The number of benzene rings is 2. The fourth-order valence-corrected chi connectivity index (χ4v) is 3.04. The van der Waals surface area contributed by atoms with Crippen molar-refractivity contribution in [2.45, 2.75) is 11.4 Å². The SMILES string of the molecule is CN(Cc1ccc(F)cc1)S(=O)(=O)c1ccc(C(=O)O)cc1. The van der Waals surface area contributed by atoms with E-state index in [-0.39, 0.29) is 17.0 Å². The summed E-state index contributed by atoms with van der Waals surface area (Å²) in [5.74, 6) is -1.51. The Morgan fingerprint density at radius 1 is 1.09 bits per heavy atom. The van der Waals surface area contributed by atoms with Crippen LogP contribution in [0.15, 0.2) is 53.4 Å². The maximum Gasteiger partial charge on any atom is 0.335 e. The zero-order valence-corrected chi connectivity index (χ0v) is 12.5. The van der Waals surface area contributed by atoms with E-state index in [1.54, 1.807) is 0 Å². The van der Waals surface area contributed by atoms with Crippen molar-refractivity contribution < 1.29 is 22.7 Å². The van der Waals surface area contributed by atoms with Crippen LogP contribution < -0.4 is 0 Å². The molecule has 2 rings (SSSR count). The summed E-state index contributed by atoms with van der Waals surface area (Å²) in [6.45, 7) is 0.0866. The maximum atomic E-state index is 12.8. The van der Waals surface area contributed by atoms with Crippen LogP contribution in [0.4, 0.5) is 4.39 Å². The predicted molar refractivity (Wildman–Crippen MR) is 78.5 cm³/mol. The number of aromatic carboxylic acids is 1. The van der Waals surface area contributed by atoms with Crippen molar-refractivity contribution in [1.29, 1.82) is 0 Å². The van der Waals surface area contributed by atoms with E-state index in [0.29, 0.717) is 5.56 Å². The fraction of sp³-hybridized carbons (Fsp3) is 0.133. The van der Waals surface area contributed by atoms with Gasteiger partial charge in [0.15, 0.2) is 0 Å². The summed E-state index contributed by atoms with van der Waals surface area (Å²) in [6.07, 6.45) is 0. The van der Waals surface area contributed by atoms with Crippen LogP contribution in [0, 0.1) is 5.82 Å². The minimum absolute atomic E-state index is 0.00196. The van der Waals surface area contributed by atoms with Crippen LogP contribution in [0.1, 0.15) is 15.9 Å². The highest BCUT2D eigenvalue weighted by molar-refractivity contribution is 7.89. The standard InChI is InChI=1S/C15H14FNO4S/c1-17(10-11-2-6-13(16)7-3-11)22(20,21)14-8-4-12(5-9-14)15(18)19/h2-9H,10H2,1H3,(H,18,19). The molecule has 2 aromatic rings. The molecule has 0 radical (unpaired) electrons. The zero-order valence-electron chi connectivity index (χ0n) is 11.7. The summed E-state index contributed by atoms with van der Waals surface area (Å²) >= 11 is 0. The van der Waals surface area contributed by atoms with Crippen molar-refractivity contribution in [1.82, 2.24) is 4.31 Å². The van der Waals surface area contributed by atoms with Crippen molar-refractivity contribution in [3.63, 3.8) is 0 Å². The number of rotatable bonds is 5. The zero-order chi connectivity index (χ0) is 16.3. The van der Waals surface area contributed by atoms with Crippen LogP contribution in [-0.2, 0) is 16.6 Å². The van der Waals surface area contributed by atoms with E-state index in [4.69, 9.17) is 5.11 Å². The van der Waals surface area contributed by atoms with Crippen LogP contribution in [0.2, 0.25) is 0 Å². The van der Waals surface area contributed by atoms with E-state index in [1.165, 1.54) is 55.6 Å². The van der Waals surface area contributed by atoms with E-state index in [2.05, 4.69) is 0 Å². The lowest BCUT2D eigenvalue weighted by Gasteiger charge is -2.17. The molecular formula is C15H14FNO4S. The van der Waals surface area contributed by atoms with E-state index < -0.39 is 21.8 Å². The van der Waals surface area contributed by atoms with Crippen LogP contribution in [0.25, 0.3) is 0 Å². The van der Waals surface area contributed by atoms with Crippen molar-refractivity contribution in [3.05, 3.63) is 65.5 Å². The summed E-state index contributed by atoms with van der Waals surface area (Å²) in [7, 11) is -2.34. The number of nitrogens with zero attached hydrogens (tertiary/aromatic N) is 1. The Hall–Kier alpha value is -2.25. The average molecular weight is 323 g/mol. The van der Waals surface area contributed by atoms with Gasteiger partial charge in [-0.1, -0.05) is 12.1 Å². The van der Waals surface area contributed by atoms with Crippen LogP contribution in [0.3, 0.4) is 0 Å². The molecule has 22 heavy (non-hydrogen) atoms. The van der Waals surface area contributed by atoms with Crippen molar-refractivity contribution in [2.75, 3.05) is 7.05 Å². The minimum Gasteiger partial charge on any atom is -0.478 e. The Bertz CT molecular complexity index is 770. The molecule has 0 aromatic heterocycles. The molecule has 0 heterocycles. The second-order valence-corrected chi connectivity index (χ2v) is 6.76. The van der Waals surface area contributed by atoms with Crippen LogP contribution in [0.5, 0.6) is 0 Å². The first-order valence-electron chi connectivity index (χ1n) is 6.35. The number of carboxylic acids is 1. The molecule has 0 spiro atoms. The molecular weight excluding hydrogens is 309 g/mol. The van der Waals surface area contributed by atoms with Gasteiger partial charge in [-0.05, 0) is 42.0 Å². The van der Waals surface area contributed by atoms with E-state index in [0.717, 1.165) is 4.31 Å². The highest BCUT2D eigenvalue weighted by Gasteiger charge is 2.21. The van der Waals surface area contributed by atoms with E-state index >= 15 is 0 Å². The molecule has 0 amide bonds. The molecule has 0 aliphatic heterocycles. The number of hydrogen-bond donors (Lipinski definition) is 1. The molecule has 0 saturated carbocycles. The Labute approximate surface area is 127 Å². The lowest BCUT2D eigenvalue weighted by atomic mass is 10.2. The fourth-order valence-electron chi connectivity index (χ4n) is 1.88. The number of halogens is 1. The second kappa shape index (κ2) is 6.25. The normalized spacial score (nSPS) is 11.6. The van der Waals surface area contributed by atoms with Gasteiger partial charge in [-0.3, -0.25) is 0 Å². The number of sulfonamides is 1. The molecule has 2 aromatic carbocycles. The molecule has 0 atom stereocenters. The van der Waals surface area contributed by atoms with Gasteiger partial charge in [-0.15, -0.1) is 0 Å². The van der Waals surface area contributed by atoms with Crippen molar-refractivity contribution in [3.8, 4) is 0 Å². The first-order valence-corrected chi connectivity index (χ1v) is 7.79. The van der Waals surface area contributed by atoms with Gasteiger partial charge in [-0.2, -0.15) is 4.31 Å². The highest BCUT2D eigenvalue weighted by Crippen LogP contribution is 2.17. The summed E-state index contributed by atoms with van der Waals surface area (Å²) < 4.78 is 38.7. The monoisotopic (exact) mass is 323 g/mol. The third-order valence-electron chi connectivity index (χ3n) is 3.13. The van der Waals surface area contributed by atoms with Crippen LogP contribution >= 0.6 is 0 Å². The van der Waals surface area contributed by atoms with Crippen molar-refractivity contribution in [2.24, 2.45) is 0 Å². The Morgan fingerprint density at radius 3 is 2.14 bits per heavy atom. The van der Waals surface area contributed by atoms with Gasteiger partial charge in [-0.25, -0.2) is 17.6 Å². The molecule has 0 saturated heterocycles. The highest BCUT2D eigenvalue weighted by atomic mass is 32.2. The molecule has 1 N–H and O–H groups in total. The molecule has 0 unspecified atom stereocenters. The smallest absolute Gasteiger partial charge is 0.335 e. The lowest BCUT2D eigenvalue weighted by molar-refractivity contribution is 0.0696. The molecule has 0 aliphatic carbocycles. The number of carbonyl (C=O) groups is 1. The average Bonchev–Trinajstić information content (AvgIpc) is 2.49. The largest absolute Gasteiger partial charge is 0.478 e. The van der Waals surface area contributed by atoms with Crippen molar-refractivity contribution >= 4 is 16.0 Å². The Kier molecular flexibility index (Phi) is 4.58. The third kappa shape index (κ3) is 3.49. The van der Waals surface area contributed by atoms with E-state index in [9.17, 15) is 17.6 Å². The topological polar surface area (TPSA) is 74.7 Å². The summed E-state index contributed by atoms with van der Waals surface area (Å²) in [6, 6.07) is 10.5. The van der Waals surface area contributed by atoms with E-state index in [1.807, 2.05) is 0 Å². The van der Waals surface area contributed by atoms with Gasteiger partial charge in [0.25, 0.3) is 0 Å². The first-order chi connectivity index (χ1) is 10.3. The minimum atomic E-state index is -3.74. The van der Waals surface area contributed by atoms with Crippen LogP contribution in [-0.4, -0.2) is 30.8 Å². The number of carboxylic acid groups (broad SMARTS) is 1. The number of hydrogen-bond acceptors (Lipinski definition) is 3.